The van der Waals surface area contributed by atoms with Crippen LogP contribution in [-0.2, 0) is 5.41 Å². The Hall–Kier alpha value is -4.98. The van der Waals surface area contributed by atoms with E-state index in [0.717, 1.165) is 19.3 Å². The molecule has 0 radical (unpaired) electrons. The number of hydrogen-bond donors (Lipinski definition) is 0. The standard InChI is InChI=1S/C47H32S/c1-2-12-30-29(11-1)33-17-10-19-36-44(33)38(30)26-41-45(36)35-15-4-7-21-40(35)47(41)39-20-6-3-13-31(39)34-18-9-16-28(46(34)47)27-23-24-43-37(25-27)32-14-5-8-22-42(32)48-43/h1-2,4-12,14-25,29-30,41H,3,13,26H2. The van der Waals surface area contributed by atoms with Gasteiger partial charge in [-0.3, -0.25) is 0 Å². The largest absolute Gasteiger partial charge is 0.135 e. The lowest BCUT2D eigenvalue weighted by Crippen LogP contribution is -2.41. The average Bonchev–Trinajstić information content (AvgIpc) is 3.86. The summed E-state index contributed by atoms with van der Waals surface area (Å²) in [5, 5.41) is 5.78. The highest BCUT2D eigenvalue weighted by Crippen LogP contribution is 2.67. The molecule has 6 aliphatic carbocycles. The van der Waals surface area contributed by atoms with Crippen molar-refractivity contribution in [1.82, 2.24) is 0 Å². The van der Waals surface area contributed by atoms with Crippen LogP contribution in [0.5, 0.6) is 0 Å². The Morgan fingerprint density at radius 2 is 1.50 bits per heavy atom. The summed E-state index contributed by atoms with van der Waals surface area (Å²) < 4.78 is 2.73. The highest BCUT2D eigenvalue weighted by Gasteiger charge is 2.59. The predicted molar refractivity (Wildman–Crippen MR) is 202 cm³/mol. The summed E-state index contributed by atoms with van der Waals surface area (Å²) >= 11 is 1.91. The molecule has 0 amide bonds. The van der Waals surface area contributed by atoms with E-state index < -0.39 is 0 Å². The van der Waals surface area contributed by atoms with Gasteiger partial charge in [-0.2, -0.15) is 0 Å². The van der Waals surface area contributed by atoms with Crippen LogP contribution in [0.25, 0.3) is 48.0 Å². The van der Waals surface area contributed by atoms with Crippen molar-refractivity contribution >= 4 is 48.2 Å². The van der Waals surface area contributed by atoms with Crippen LogP contribution >= 0.6 is 11.3 Å². The summed E-state index contributed by atoms with van der Waals surface area (Å²) in [4.78, 5) is 0. The molecule has 12 rings (SSSR count). The molecular weight excluding hydrogens is 597 g/mol. The maximum Gasteiger partial charge on any atom is 0.0544 e. The molecule has 48 heavy (non-hydrogen) atoms. The first-order chi connectivity index (χ1) is 23.8. The van der Waals surface area contributed by atoms with E-state index >= 15 is 0 Å². The Morgan fingerprint density at radius 3 is 2.48 bits per heavy atom. The predicted octanol–water partition coefficient (Wildman–Crippen LogP) is 10.3. The highest BCUT2D eigenvalue weighted by molar-refractivity contribution is 7.25. The smallest absolute Gasteiger partial charge is 0.0544 e. The molecule has 0 aliphatic heterocycles. The lowest BCUT2D eigenvalue weighted by Gasteiger charge is -2.40. The monoisotopic (exact) mass is 628 g/mol. The Morgan fingerprint density at radius 1 is 0.688 bits per heavy atom. The zero-order valence-corrected chi connectivity index (χ0v) is 27.4. The van der Waals surface area contributed by atoms with Gasteiger partial charge in [-0.15, -0.1) is 11.3 Å². The third-order valence-corrected chi connectivity index (χ3v) is 13.8. The molecule has 1 heterocycles. The number of allylic oxidation sites excluding steroid dienone is 8. The van der Waals surface area contributed by atoms with Crippen molar-refractivity contribution in [2.75, 3.05) is 0 Å². The number of rotatable bonds is 1. The summed E-state index contributed by atoms with van der Waals surface area (Å²) in [7, 11) is 0. The van der Waals surface area contributed by atoms with Crippen molar-refractivity contribution < 1.29 is 0 Å². The second-order valence-corrected chi connectivity index (χ2v) is 15.6. The number of thiophene rings is 1. The van der Waals surface area contributed by atoms with E-state index in [0.29, 0.717) is 17.8 Å². The minimum Gasteiger partial charge on any atom is -0.135 e. The molecule has 0 bridgehead atoms. The average molecular weight is 629 g/mol. The first-order valence-corrected chi connectivity index (χ1v) is 18.4. The van der Waals surface area contributed by atoms with Gasteiger partial charge in [0.05, 0.1) is 5.41 Å². The Kier molecular flexibility index (Phi) is 4.95. The van der Waals surface area contributed by atoms with Crippen LogP contribution in [0.1, 0.15) is 53.0 Å². The first-order valence-electron chi connectivity index (χ1n) is 17.6. The van der Waals surface area contributed by atoms with Gasteiger partial charge >= 0.3 is 0 Å². The fraction of sp³-hybridized carbons (Fsp3) is 0.149. The second-order valence-electron chi connectivity index (χ2n) is 14.5. The summed E-state index contributed by atoms with van der Waals surface area (Å²) in [6, 6.07) is 40.1. The number of hydrogen-bond acceptors (Lipinski definition) is 1. The molecule has 0 fully saturated rings. The molecule has 4 unspecified atom stereocenters. The highest BCUT2D eigenvalue weighted by atomic mass is 32.1. The van der Waals surface area contributed by atoms with Crippen LogP contribution < -0.4 is 10.4 Å². The van der Waals surface area contributed by atoms with E-state index in [1.807, 2.05) is 11.3 Å². The summed E-state index contributed by atoms with van der Waals surface area (Å²) in [6.07, 6.45) is 17.8. The van der Waals surface area contributed by atoms with Crippen LogP contribution in [0.15, 0.2) is 145 Å². The van der Waals surface area contributed by atoms with Crippen molar-refractivity contribution in [3.05, 3.63) is 183 Å². The fourth-order valence-electron chi connectivity index (χ4n) is 11.0. The van der Waals surface area contributed by atoms with E-state index in [1.165, 1.54) is 58.8 Å². The molecule has 4 atom stereocenters. The molecule has 0 N–H and O–H groups in total. The molecular formula is C47H32S. The quantitative estimate of drug-likeness (QED) is 0.170. The van der Waals surface area contributed by atoms with Gasteiger partial charge in [0.1, 0.15) is 0 Å². The second kappa shape index (κ2) is 9.13. The third-order valence-electron chi connectivity index (χ3n) is 12.6. The minimum absolute atomic E-state index is 0.233. The molecule has 6 aliphatic rings. The van der Waals surface area contributed by atoms with E-state index in [-0.39, 0.29) is 5.41 Å². The van der Waals surface area contributed by atoms with Gasteiger partial charge in [0, 0.05) is 37.9 Å². The van der Waals surface area contributed by atoms with E-state index in [4.69, 9.17) is 0 Å². The number of benzene rings is 5. The van der Waals surface area contributed by atoms with Crippen molar-refractivity contribution in [3.8, 4) is 11.1 Å². The topological polar surface area (TPSA) is 0 Å². The minimum atomic E-state index is -0.233. The number of fused-ring (bicyclic) bond motifs is 15. The van der Waals surface area contributed by atoms with Gasteiger partial charge in [0.2, 0.25) is 0 Å². The molecule has 6 aromatic rings. The molecule has 0 saturated carbocycles. The maximum absolute atomic E-state index is 2.54. The van der Waals surface area contributed by atoms with Crippen LogP contribution in [0.2, 0.25) is 0 Å². The van der Waals surface area contributed by atoms with Gasteiger partial charge in [-0.05, 0) is 104 Å². The van der Waals surface area contributed by atoms with Crippen LogP contribution in [0.3, 0.4) is 0 Å². The third kappa shape index (κ3) is 3.00. The van der Waals surface area contributed by atoms with Gasteiger partial charge in [-0.25, -0.2) is 0 Å². The van der Waals surface area contributed by atoms with Crippen molar-refractivity contribution in [2.24, 2.45) is 11.8 Å². The molecule has 1 aromatic heterocycles. The Labute approximate surface area is 284 Å². The molecule has 5 aromatic carbocycles. The van der Waals surface area contributed by atoms with Gasteiger partial charge in [0.25, 0.3) is 0 Å². The zero-order valence-electron chi connectivity index (χ0n) is 26.5. The molecule has 0 nitrogen and oxygen atoms in total. The van der Waals surface area contributed by atoms with E-state index in [9.17, 15) is 0 Å². The van der Waals surface area contributed by atoms with Crippen LogP contribution in [-0.4, -0.2) is 0 Å². The van der Waals surface area contributed by atoms with Crippen LogP contribution in [0.4, 0.5) is 0 Å². The van der Waals surface area contributed by atoms with Gasteiger partial charge < -0.3 is 0 Å². The molecule has 1 spiro atoms. The van der Waals surface area contributed by atoms with Crippen molar-refractivity contribution in [2.45, 2.75) is 30.6 Å². The SMILES string of the molecule is C1=CC2C3=c4c(cccc4=C4c5ccccc5C5(C6=C(CCC=C6)c6cccc(-c7ccc8sc9ccccc9c8c7)c65)C4C3)C2C=C1. The molecule has 1 heteroatoms. The van der Waals surface area contributed by atoms with Gasteiger partial charge in [0.15, 0.2) is 0 Å². The zero-order chi connectivity index (χ0) is 31.1. The lowest BCUT2D eigenvalue weighted by molar-refractivity contribution is 0.485. The lowest BCUT2D eigenvalue weighted by atomic mass is 9.61. The van der Waals surface area contributed by atoms with Crippen LogP contribution in [0, 0.1) is 11.8 Å². The molecule has 226 valence electrons. The fourth-order valence-corrected chi connectivity index (χ4v) is 12.1. The van der Waals surface area contributed by atoms with E-state index in [1.54, 1.807) is 33.1 Å². The summed E-state index contributed by atoms with van der Waals surface area (Å²) in [5.41, 5.74) is 16.4. The van der Waals surface area contributed by atoms with E-state index in [2.05, 4.69) is 140 Å². The maximum atomic E-state index is 2.54. The normalized spacial score (nSPS) is 25.1. The first kappa shape index (κ1) is 26.0. The summed E-state index contributed by atoms with van der Waals surface area (Å²) in [5.74, 6) is 1.24. The van der Waals surface area contributed by atoms with Crippen molar-refractivity contribution in [3.63, 3.8) is 0 Å². The van der Waals surface area contributed by atoms with Gasteiger partial charge in [-0.1, -0.05) is 127 Å². The van der Waals surface area contributed by atoms with Crippen molar-refractivity contribution in [1.29, 1.82) is 0 Å². The Bertz CT molecular complexity index is 2720. The molecule has 0 saturated heterocycles. The Balaban J connectivity index is 1.20. The summed E-state index contributed by atoms with van der Waals surface area (Å²) in [6.45, 7) is 0.